The molecule has 0 saturated carbocycles. The van der Waals surface area contributed by atoms with Crippen molar-refractivity contribution in [1.29, 1.82) is 0 Å². The summed E-state index contributed by atoms with van der Waals surface area (Å²) in [6.45, 7) is 1.64. The maximum atomic E-state index is 13.1. The fourth-order valence-corrected chi connectivity index (χ4v) is 3.87. The number of halogens is 1. The Hall–Kier alpha value is -3.00. The van der Waals surface area contributed by atoms with Gasteiger partial charge in [-0.25, -0.2) is 0 Å². The number of aromatic amines is 1. The molecule has 29 heavy (non-hydrogen) atoms. The first-order chi connectivity index (χ1) is 13.8. The predicted molar refractivity (Wildman–Crippen MR) is 113 cm³/mol. The summed E-state index contributed by atoms with van der Waals surface area (Å²) in [4.78, 5) is 28.8. The molecule has 0 spiro atoms. The van der Waals surface area contributed by atoms with E-state index < -0.39 is 18.4 Å². The summed E-state index contributed by atoms with van der Waals surface area (Å²) in [6, 6.07) is 10.8. The predicted octanol–water partition coefficient (Wildman–Crippen LogP) is 3.98. The first-order valence-electron chi connectivity index (χ1n) is 8.83. The molecule has 3 rings (SSSR count). The Morgan fingerprint density at radius 1 is 1.10 bits per heavy atom. The fraction of sp³-hybridized carbons (Fsp3) is 0.238. The normalized spacial score (nSPS) is 10.8. The van der Waals surface area contributed by atoms with Gasteiger partial charge in [-0.2, -0.15) is 0 Å². The van der Waals surface area contributed by atoms with Gasteiger partial charge in [0.25, 0.3) is 5.91 Å². The number of ether oxygens (including phenoxy) is 2. The highest BCUT2D eigenvalue weighted by atomic mass is 79.9. The van der Waals surface area contributed by atoms with Gasteiger partial charge in [-0.15, -0.1) is 0 Å². The van der Waals surface area contributed by atoms with Crippen molar-refractivity contribution in [2.75, 3.05) is 20.8 Å². The quantitative estimate of drug-likeness (QED) is 0.556. The van der Waals surface area contributed by atoms with Gasteiger partial charge in [0.15, 0.2) is 11.5 Å². The number of carbonyl (C=O) groups excluding carboxylic acids is 1. The molecule has 8 heteroatoms. The monoisotopic (exact) mass is 460 g/mol. The van der Waals surface area contributed by atoms with Gasteiger partial charge in [0, 0.05) is 21.9 Å². The highest BCUT2D eigenvalue weighted by molar-refractivity contribution is 9.10. The van der Waals surface area contributed by atoms with Gasteiger partial charge in [-0.05, 0) is 48.4 Å². The molecule has 0 aliphatic heterocycles. The Morgan fingerprint density at radius 3 is 2.48 bits per heavy atom. The van der Waals surface area contributed by atoms with Crippen molar-refractivity contribution in [3.8, 4) is 11.5 Å². The molecule has 1 amide bonds. The maximum absolute atomic E-state index is 13.1. The number of benzene rings is 2. The van der Waals surface area contributed by atoms with Crippen LogP contribution in [0.1, 0.15) is 21.6 Å². The third-order valence-corrected chi connectivity index (χ3v) is 5.15. The third kappa shape index (κ3) is 4.54. The molecule has 7 nitrogen and oxygen atoms in total. The Kier molecular flexibility index (Phi) is 6.12. The summed E-state index contributed by atoms with van der Waals surface area (Å²) in [5, 5.41) is 10.2. The van der Waals surface area contributed by atoms with Crippen LogP contribution < -0.4 is 9.47 Å². The molecule has 3 aromatic rings. The lowest BCUT2D eigenvalue weighted by Crippen LogP contribution is -2.35. The minimum absolute atomic E-state index is 0.112. The Bertz CT molecular complexity index is 1080. The van der Waals surface area contributed by atoms with Crippen LogP contribution in [-0.2, 0) is 11.3 Å². The second kappa shape index (κ2) is 8.57. The first kappa shape index (κ1) is 20.7. The number of fused-ring (bicyclic) bond motifs is 1. The lowest BCUT2D eigenvalue weighted by molar-refractivity contribution is -0.137. The lowest BCUT2D eigenvalue weighted by atomic mass is 10.1. The molecule has 0 saturated heterocycles. The molecule has 1 aromatic heterocycles. The molecule has 0 aliphatic carbocycles. The molecule has 2 aromatic carbocycles. The molecule has 0 unspecified atom stereocenters. The zero-order valence-electron chi connectivity index (χ0n) is 16.3. The SMILES string of the molecule is COc1ccc(CN(CC(=O)O)C(=O)c2cc3c(Br)cc(C)cc3[nH]2)cc1OC. The number of methoxy groups -OCH3 is 2. The number of nitrogens with one attached hydrogen (secondary N) is 1. The lowest BCUT2D eigenvalue weighted by Gasteiger charge is -2.21. The number of nitrogens with zero attached hydrogens (tertiary/aromatic N) is 1. The molecule has 2 N–H and O–H groups in total. The van der Waals surface area contributed by atoms with Crippen molar-refractivity contribution >= 4 is 38.7 Å². The van der Waals surface area contributed by atoms with Gasteiger partial charge in [0.05, 0.1) is 14.2 Å². The summed E-state index contributed by atoms with van der Waals surface area (Å²) >= 11 is 3.51. The van der Waals surface area contributed by atoms with Crippen molar-refractivity contribution in [3.05, 3.63) is 57.7 Å². The van der Waals surface area contributed by atoms with Crippen LogP contribution in [0, 0.1) is 6.92 Å². The van der Waals surface area contributed by atoms with Crippen LogP contribution in [0.5, 0.6) is 11.5 Å². The summed E-state index contributed by atoms with van der Waals surface area (Å²) in [5.41, 5.74) is 2.90. The molecule has 0 bridgehead atoms. The van der Waals surface area contributed by atoms with Crippen molar-refractivity contribution in [2.45, 2.75) is 13.5 Å². The third-order valence-electron chi connectivity index (χ3n) is 4.50. The summed E-state index contributed by atoms with van der Waals surface area (Å²) in [6.07, 6.45) is 0. The molecule has 152 valence electrons. The van der Waals surface area contributed by atoms with Gasteiger partial charge in [0.1, 0.15) is 12.2 Å². The van der Waals surface area contributed by atoms with Gasteiger partial charge in [0.2, 0.25) is 0 Å². The fourth-order valence-electron chi connectivity index (χ4n) is 3.18. The summed E-state index contributed by atoms with van der Waals surface area (Å²) in [7, 11) is 3.06. The highest BCUT2D eigenvalue weighted by Gasteiger charge is 2.22. The van der Waals surface area contributed by atoms with Crippen LogP contribution in [0.4, 0.5) is 0 Å². The zero-order chi connectivity index (χ0) is 21.1. The molecule has 0 aliphatic rings. The van der Waals surface area contributed by atoms with Gasteiger partial charge in [-0.3, -0.25) is 9.59 Å². The van der Waals surface area contributed by atoms with Crippen LogP contribution in [0.3, 0.4) is 0 Å². The molecule has 0 radical (unpaired) electrons. The molecule has 1 heterocycles. The minimum Gasteiger partial charge on any atom is -0.493 e. The van der Waals surface area contributed by atoms with Crippen LogP contribution in [-0.4, -0.2) is 47.6 Å². The smallest absolute Gasteiger partial charge is 0.323 e. The van der Waals surface area contributed by atoms with Crippen LogP contribution >= 0.6 is 15.9 Å². The van der Waals surface area contributed by atoms with Crippen LogP contribution in [0.25, 0.3) is 10.9 Å². The van der Waals surface area contributed by atoms with E-state index in [0.717, 1.165) is 26.5 Å². The average molecular weight is 461 g/mol. The van der Waals surface area contributed by atoms with E-state index in [2.05, 4.69) is 20.9 Å². The van der Waals surface area contributed by atoms with Crippen LogP contribution in [0.2, 0.25) is 0 Å². The van der Waals surface area contributed by atoms with E-state index in [1.807, 2.05) is 19.1 Å². The van der Waals surface area contributed by atoms with E-state index in [4.69, 9.17) is 9.47 Å². The summed E-state index contributed by atoms with van der Waals surface area (Å²) < 4.78 is 11.4. The van der Waals surface area contributed by atoms with Crippen molar-refractivity contribution < 1.29 is 24.2 Å². The van der Waals surface area contributed by atoms with Gasteiger partial charge >= 0.3 is 5.97 Å². The first-order valence-corrected chi connectivity index (χ1v) is 9.62. The molecular weight excluding hydrogens is 440 g/mol. The van der Waals surface area contributed by atoms with Gasteiger partial charge in [-0.1, -0.05) is 22.0 Å². The average Bonchev–Trinajstić information content (AvgIpc) is 3.10. The van der Waals surface area contributed by atoms with E-state index in [1.54, 1.807) is 24.3 Å². The second-order valence-corrected chi connectivity index (χ2v) is 7.49. The number of carbonyl (C=O) groups is 2. The number of aliphatic carboxylic acids is 1. The Labute approximate surface area is 176 Å². The molecule has 0 fully saturated rings. The minimum atomic E-state index is -1.09. The van der Waals surface area contributed by atoms with E-state index in [0.29, 0.717) is 17.2 Å². The zero-order valence-corrected chi connectivity index (χ0v) is 17.9. The van der Waals surface area contributed by atoms with Gasteiger partial charge < -0.3 is 24.5 Å². The Morgan fingerprint density at radius 2 is 1.83 bits per heavy atom. The molecular formula is C21H21BrN2O5. The standard InChI is InChI=1S/C21H21BrN2O5/c1-12-6-15(22)14-9-17(23-16(14)7-12)21(27)24(11-20(25)26)10-13-4-5-18(28-2)19(8-13)29-3/h4-9,23H,10-11H2,1-3H3,(H,25,26). The van der Waals surface area contributed by atoms with E-state index in [9.17, 15) is 14.7 Å². The largest absolute Gasteiger partial charge is 0.493 e. The number of carboxylic acids is 1. The van der Waals surface area contributed by atoms with Crippen LogP contribution in [0.15, 0.2) is 40.9 Å². The molecule has 0 atom stereocenters. The number of hydrogen-bond acceptors (Lipinski definition) is 4. The number of carboxylic acid groups (broad SMARTS) is 1. The van der Waals surface area contributed by atoms with Crippen molar-refractivity contribution in [1.82, 2.24) is 9.88 Å². The number of aryl methyl sites for hydroxylation is 1. The Balaban J connectivity index is 1.93. The van der Waals surface area contributed by atoms with E-state index in [1.165, 1.54) is 19.1 Å². The summed E-state index contributed by atoms with van der Waals surface area (Å²) in [5.74, 6) is -0.421. The van der Waals surface area contributed by atoms with Crippen molar-refractivity contribution in [2.24, 2.45) is 0 Å². The number of H-pyrrole nitrogens is 1. The van der Waals surface area contributed by atoms with Crippen molar-refractivity contribution in [3.63, 3.8) is 0 Å². The maximum Gasteiger partial charge on any atom is 0.323 e. The topological polar surface area (TPSA) is 91.9 Å². The van der Waals surface area contributed by atoms with E-state index in [-0.39, 0.29) is 6.54 Å². The number of amides is 1. The number of aromatic nitrogens is 1. The van der Waals surface area contributed by atoms with E-state index >= 15 is 0 Å². The second-order valence-electron chi connectivity index (χ2n) is 6.64. The number of hydrogen-bond donors (Lipinski definition) is 2. The number of rotatable bonds is 7. The highest BCUT2D eigenvalue weighted by Crippen LogP contribution is 2.29.